The Balaban J connectivity index is 1.30. The molecule has 0 spiro atoms. The number of aromatic nitrogens is 4. The van der Waals surface area contributed by atoms with Gasteiger partial charge in [-0.25, -0.2) is 15.0 Å². The quantitative estimate of drug-likeness (QED) is 0.213. The van der Waals surface area contributed by atoms with Crippen LogP contribution in [0.1, 0.15) is 0 Å². The van der Waals surface area contributed by atoms with Crippen molar-refractivity contribution in [2.24, 2.45) is 0 Å². The number of fused-ring (bicyclic) bond motifs is 2. The van der Waals surface area contributed by atoms with Crippen LogP contribution in [-0.4, -0.2) is 19.5 Å². The predicted octanol–water partition coefficient (Wildman–Crippen LogP) is 9.87. The van der Waals surface area contributed by atoms with E-state index < -0.39 is 0 Å². The van der Waals surface area contributed by atoms with Crippen LogP contribution < -0.4 is 0 Å². The fraction of sp³-hybridized carbons (Fsp3) is 0. The van der Waals surface area contributed by atoms with Crippen molar-refractivity contribution in [3.8, 4) is 39.9 Å². The summed E-state index contributed by atoms with van der Waals surface area (Å²) in [4.78, 5) is 14.8. The monoisotopic (exact) mass is 564 g/mol. The van der Waals surface area contributed by atoms with Gasteiger partial charge >= 0.3 is 0 Å². The molecule has 5 heteroatoms. The minimum Gasteiger partial charge on any atom is -0.456 e. The minimum atomic E-state index is 0.625. The Kier molecular flexibility index (Phi) is 5.43. The van der Waals surface area contributed by atoms with Crippen LogP contribution in [0.4, 0.5) is 0 Å². The summed E-state index contributed by atoms with van der Waals surface area (Å²) in [6, 6.07) is 49.6. The lowest BCUT2D eigenvalue weighted by molar-refractivity contribution is 0.664. The van der Waals surface area contributed by atoms with Crippen molar-refractivity contribution in [2.45, 2.75) is 0 Å². The lowest BCUT2D eigenvalue weighted by atomic mass is 10.1. The van der Waals surface area contributed by atoms with Gasteiger partial charge in [0.05, 0.1) is 16.4 Å². The zero-order valence-electron chi connectivity index (χ0n) is 23.6. The summed E-state index contributed by atoms with van der Waals surface area (Å²) in [5.74, 6) is 1.91. The summed E-state index contributed by atoms with van der Waals surface area (Å²) < 4.78 is 8.85. The zero-order valence-corrected chi connectivity index (χ0v) is 23.6. The van der Waals surface area contributed by atoms with E-state index in [-0.39, 0.29) is 0 Å². The molecule has 9 aromatic rings. The maximum absolute atomic E-state index is 6.53. The van der Waals surface area contributed by atoms with E-state index >= 15 is 0 Å². The first-order chi connectivity index (χ1) is 21.8. The molecule has 0 radical (unpaired) electrons. The molecule has 3 aromatic heterocycles. The third kappa shape index (κ3) is 3.83. The van der Waals surface area contributed by atoms with Crippen molar-refractivity contribution in [2.75, 3.05) is 0 Å². The number of hydrogen-bond donors (Lipinski definition) is 0. The van der Waals surface area contributed by atoms with E-state index in [1.807, 2.05) is 72.8 Å². The van der Waals surface area contributed by atoms with E-state index in [4.69, 9.17) is 19.4 Å². The van der Waals surface area contributed by atoms with Crippen LogP contribution >= 0.6 is 0 Å². The van der Waals surface area contributed by atoms with Crippen molar-refractivity contribution < 1.29 is 4.42 Å². The van der Waals surface area contributed by atoms with E-state index in [0.717, 1.165) is 55.3 Å². The Morgan fingerprint density at radius 1 is 0.409 bits per heavy atom. The van der Waals surface area contributed by atoms with Crippen LogP contribution in [0.3, 0.4) is 0 Å². The van der Waals surface area contributed by atoms with Gasteiger partial charge in [0.2, 0.25) is 0 Å². The fourth-order valence-corrected chi connectivity index (χ4v) is 6.28. The van der Waals surface area contributed by atoms with Gasteiger partial charge in [-0.15, -0.1) is 0 Å². The summed E-state index contributed by atoms with van der Waals surface area (Å²) in [5.41, 5.74) is 7.76. The maximum Gasteiger partial charge on any atom is 0.164 e. The van der Waals surface area contributed by atoms with Gasteiger partial charge in [-0.05, 0) is 41.8 Å². The molecule has 0 unspecified atom stereocenters. The smallest absolute Gasteiger partial charge is 0.164 e. The Labute approximate surface area is 252 Å². The number of benzene rings is 6. The first kappa shape index (κ1) is 24.5. The molecule has 5 nitrogen and oxygen atoms in total. The number of para-hydroxylation sites is 1. The first-order valence-electron chi connectivity index (χ1n) is 14.6. The van der Waals surface area contributed by atoms with Crippen molar-refractivity contribution >= 4 is 43.7 Å². The highest BCUT2D eigenvalue weighted by atomic mass is 16.3. The Bertz CT molecular complexity index is 2440. The summed E-state index contributed by atoms with van der Waals surface area (Å²) in [6.07, 6.45) is 0. The van der Waals surface area contributed by atoms with Crippen LogP contribution in [0.15, 0.2) is 150 Å². The second kappa shape index (κ2) is 9.75. The summed E-state index contributed by atoms with van der Waals surface area (Å²) >= 11 is 0. The average Bonchev–Trinajstić information content (AvgIpc) is 3.36. The summed E-state index contributed by atoms with van der Waals surface area (Å²) in [6.45, 7) is 0. The molecule has 0 amide bonds. The van der Waals surface area contributed by atoms with Gasteiger partial charge in [-0.3, -0.25) is 0 Å². The van der Waals surface area contributed by atoms with Gasteiger partial charge in [0, 0.05) is 33.2 Å². The number of rotatable bonds is 4. The first-order valence-corrected chi connectivity index (χ1v) is 14.6. The van der Waals surface area contributed by atoms with Crippen LogP contribution in [-0.2, 0) is 0 Å². The highest BCUT2D eigenvalue weighted by Crippen LogP contribution is 2.41. The van der Waals surface area contributed by atoms with Crippen LogP contribution in [0.2, 0.25) is 0 Å². The number of nitrogens with zero attached hydrogens (tertiary/aromatic N) is 4. The average molecular weight is 565 g/mol. The van der Waals surface area contributed by atoms with Gasteiger partial charge in [0.1, 0.15) is 11.2 Å². The van der Waals surface area contributed by atoms with E-state index in [0.29, 0.717) is 17.5 Å². The van der Waals surface area contributed by atoms with Crippen LogP contribution in [0.25, 0.3) is 83.6 Å². The lowest BCUT2D eigenvalue weighted by Crippen LogP contribution is -2.01. The molecule has 3 heterocycles. The van der Waals surface area contributed by atoms with Gasteiger partial charge in [0.15, 0.2) is 17.5 Å². The molecule has 44 heavy (non-hydrogen) atoms. The zero-order chi connectivity index (χ0) is 29.0. The van der Waals surface area contributed by atoms with Crippen molar-refractivity contribution in [1.29, 1.82) is 0 Å². The van der Waals surface area contributed by atoms with Gasteiger partial charge < -0.3 is 8.98 Å². The molecular formula is C39H24N4O. The minimum absolute atomic E-state index is 0.625. The molecule has 0 N–H and O–H groups in total. The highest BCUT2D eigenvalue weighted by Gasteiger charge is 2.19. The largest absolute Gasteiger partial charge is 0.456 e. The molecular weight excluding hydrogens is 540 g/mol. The molecule has 0 atom stereocenters. The van der Waals surface area contributed by atoms with Gasteiger partial charge in [0.25, 0.3) is 0 Å². The molecule has 0 bridgehead atoms. The third-order valence-electron chi connectivity index (χ3n) is 8.24. The van der Waals surface area contributed by atoms with E-state index in [9.17, 15) is 0 Å². The lowest BCUT2D eigenvalue weighted by Gasteiger charge is -2.12. The maximum atomic E-state index is 6.53. The number of hydrogen-bond acceptors (Lipinski definition) is 4. The molecule has 0 saturated heterocycles. The molecule has 0 fully saturated rings. The van der Waals surface area contributed by atoms with Crippen LogP contribution in [0.5, 0.6) is 0 Å². The third-order valence-corrected chi connectivity index (χ3v) is 8.24. The molecule has 206 valence electrons. The second-order valence-electron chi connectivity index (χ2n) is 10.9. The van der Waals surface area contributed by atoms with E-state index in [1.165, 1.54) is 10.8 Å². The molecule has 0 aliphatic rings. The Morgan fingerprint density at radius 2 is 0.932 bits per heavy atom. The SMILES string of the molecule is c1ccc(-c2nc(-c3ccccc3)nc(-c3cccc(-n4c5cccc6oc7ccccc7c7cccc4c7c65)c3)n2)cc1. The molecule has 0 aliphatic heterocycles. The van der Waals surface area contributed by atoms with Gasteiger partial charge in [-0.2, -0.15) is 0 Å². The molecule has 0 aliphatic carbocycles. The van der Waals surface area contributed by atoms with Crippen molar-refractivity contribution in [3.63, 3.8) is 0 Å². The Hall–Kier alpha value is -6.07. The summed E-state index contributed by atoms with van der Waals surface area (Å²) in [7, 11) is 0. The normalized spacial score (nSPS) is 11.6. The second-order valence-corrected chi connectivity index (χ2v) is 10.9. The highest BCUT2D eigenvalue weighted by molar-refractivity contribution is 6.26. The molecule has 9 rings (SSSR count). The molecule has 6 aromatic carbocycles. The van der Waals surface area contributed by atoms with Crippen LogP contribution in [0, 0.1) is 0 Å². The Morgan fingerprint density at radius 3 is 1.66 bits per heavy atom. The topological polar surface area (TPSA) is 56.7 Å². The molecule has 0 saturated carbocycles. The fourth-order valence-electron chi connectivity index (χ4n) is 6.28. The van der Waals surface area contributed by atoms with Crippen molar-refractivity contribution in [3.05, 3.63) is 146 Å². The van der Waals surface area contributed by atoms with Gasteiger partial charge in [-0.1, -0.05) is 109 Å². The standard InChI is InChI=1S/C39H24N4O/c1-3-12-25(13-4-1)37-40-38(26-14-5-2-6-15-26)42-39(41-37)27-16-9-17-28(24-27)43-31-20-10-19-30-29-18-7-8-22-33(29)44-34-23-11-21-32(43)36(34)35(30)31/h1-24H. The van der Waals surface area contributed by atoms with E-state index in [1.54, 1.807) is 0 Å². The predicted molar refractivity (Wildman–Crippen MR) is 178 cm³/mol. The van der Waals surface area contributed by atoms with E-state index in [2.05, 4.69) is 77.4 Å². The van der Waals surface area contributed by atoms with Crippen molar-refractivity contribution in [1.82, 2.24) is 19.5 Å². The summed E-state index contributed by atoms with van der Waals surface area (Å²) in [5, 5.41) is 4.55.